The second-order valence-electron chi connectivity index (χ2n) is 4.31. The standard InChI is InChI=1S/C12H15NO3/c1-4-13-9-6-5-8(14)7-10(9)16-12(2,3)11(13)15/h5-7,14H,4H2,1-3H3. The average molecular weight is 221 g/mol. The van der Waals surface area contributed by atoms with Crippen LogP contribution in [0, 0.1) is 0 Å². The van der Waals surface area contributed by atoms with Gasteiger partial charge in [-0.1, -0.05) is 0 Å². The van der Waals surface area contributed by atoms with Crippen LogP contribution in [0.3, 0.4) is 0 Å². The smallest absolute Gasteiger partial charge is 0.270 e. The molecule has 1 aliphatic rings. The van der Waals surface area contributed by atoms with Crippen LogP contribution in [0.1, 0.15) is 20.8 Å². The van der Waals surface area contributed by atoms with E-state index in [9.17, 15) is 9.90 Å². The van der Waals surface area contributed by atoms with E-state index in [0.29, 0.717) is 18.0 Å². The number of aromatic hydroxyl groups is 1. The van der Waals surface area contributed by atoms with Crippen molar-refractivity contribution in [2.45, 2.75) is 26.4 Å². The molecule has 16 heavy (non-hydrogen) atoms. The van der Waals surface area contributed by atoms with E-state index in [1.807, 2.05) is 6.92 Å². The van der Waals surface area contributed by atoms with Gasteiger partial charge in [-0.15, -0.1) is 0 Å². The predicted octanol–water partition coefficient (Wildman–Crippen LogP) is 1.92. The summed E-state index contributed by atoms with van der Waals surface area (Å²) >= 11 is 0. The summed E-state index contributed by atoms with van der Waals surface area (Å²) in [6, 6.07) is 4.78. The summed E-state index contributed by atoms with van der Waals surface area (Å²) < 4.78 is 5.59. The first kappa shape index (κ1) is 10.8. The summed E-state index contributed by atoms with van der Waals surface area (Å²) in [7, 11) is 0. The van der Waals surface area contributed by atoms with E-state index in [4.69, 9.17) is 4.74 Å². The molecule has 0 atom stereocenters. The zero-order valence-corrected chi connectivity index (χ0v) is 9.65. The van der Waals surface area contributed by atoms with E-state index >= 15 is 0 Å². The van der Waals surface area contributed by atoms with Gasteiger partial charge in [0.2, 0.25) is 0 Å². The van der Waals surface area contributed by atoms with E-state index in [1.165, 1.54) is 6.07 Å². The molecule has 86 valence electrons. The Morgan fingerprint density at radius 3 is 2.75 bits per heavy atom. The molecule has 1 aliphatic heterocycles. The SMILES string of the molecule is CCN1C(=O)C(C)(C)Oc2cc(O)ccc21. The molecule has 1 N–H and O–H groups in total. The summed E-state index contributed by atoms with van der Waals surface area (Å²) in [6.45, 7) is 5.95. The van der Waals surface area contributed by atoms with Crippen LogP contribution in [-0.2, 0) is 4.79 Å². The van der Waals surface area contributed by atoms with Gasteiger partial charge in [-0.2, -0.15) is 0 Å². The van der Waals surface area contributed by atoms with Gasteiger partial charge < -0.3 is 14.7 Å². The molecule has 1 aromatic carbocycles. The minimum absolute atomic E-state index is 0.0619. The van der Waals surface area contributed by atoms with Gasteiger partial charge in [0.1, 0.15) is 11.5 Å². The first-order valence-electron chi connectivity index (χ1n) is 5.29. The number of anilines is 1. The molecule has 1 heterocycles. The fourth-order valence-electron chi connectivity index (χ4n) is 1.87. The van der Waals surface area contributed by atoms with Crippen molar-refractivity contribution < 1.29 is 14.6 Å². The quantitative estimate of drug-likeness (QED) is 0.788. The molecule has 0 saturated carbocycles. The lowest BCUT2D eigenvalue weighted by Crippen LogP contribution is -2.52. The zero-order valence-electron chi connectivity index (χ0n) is 9.65. The van der Waals surface area contributed by atoms with Crippen molar-refractivity contribution in [3.05, 3.63) is 18.2 Å². The molecular formula is C12H15NO3. The van der Waals surface area contributed by atoms with Gasteiger partial charge in [0.05, 0.1) is 5.69 Å². The Hall–Kier alpha value is -1.71. The minimum Gasteiger partial charge on any atom is -0.508 e. The lowest BCUT2D eigenvalue weighted by molar-refractivity contribution is -0.132. The number of hydrogen-bond donors (Lipinski definition) is 1. The van der Waals surface area contributed by atoms with Crippen LogP contribution in [0.5, 0.6) is 11.5 Å². The third-order valence-corrected chi connectivity index (χ3v) is 2.68. The van der Waals surface area contributed by atoms with Crippen molar-refractivity contribution in [2.24, 2.45) is 0 Å². The molecule has 0 fully saturated rings. The molecule has 1 aromatic rings. The first-order chi connectivity index (χ1) is 7.45. The van der Waals surface area contributed by atoms with Crippen molar-refractivity contribution in [2.75, 3.05) is 11.4 Å². The number of phenolic OH excluding ortho intramolecular Hbond substituents is 1. The third kappa shape index (κ3) is 1.50. The van der Waals surface area contributed by atoms with Gasteiger partial charge in [-0.25, -0.2) is 0 Å². The van der Waals surface area contributed by atoms with E-state index in [2.05, 4.69) is 0 Å². The second kappa shape index (κ2) is 3.40. The Kier molecular flexibility index (Phi) is 2.30. The Labute approximate surface area is 94.4 Å². The van der Waals surface area contributed by atoms with Gasteiger partial charge in [-0.05, 0) is 32.9 Å². The highest BCUT2D eigenvalue weighted by Gasteiger charge is 2.40. The number of rotatable bonds is 1. The van der Waals surface area contributed by atoms with Gasteiger partial charge in [0, 0.05) is 12.6 Å². The largest absolute Gasteiger partial charge is 0.508 e. The van der Waals surface area contributed by atoms with Crippen LogP contribution in [0.4, 0.5) is 5.69 Å². The van der Waals surface area contributed by atoms with Crippen molar-refractivity contribution in [3.63, 3.8) is 0 Å². The van der Waals surface area contributed by atoms with Gasteiger partial charge in [0.25, 0.3) is 5.91 Å². The van der Waals surface area contributed by atoms with Gasteiger partial charge in [-0.3, -0.25) is 4.79 Å². The number of ether oxygens (including phenoxy) is 1. The fraction of sp³-hybridized carbons (Fsp3) is 0.417. The number of hydrogen-bond acceptors (Lipinski definition) is 3. The van der Waals surface area contributed by atoms with Crippen LogP contribution in [0.15, 0.2) is 18.2 Å². The maximum atomic E-state index is 12.1. The van der Waals surface area contributed by atoms with E-state index < -0.39 is 5.60 Å². The van der Waals surface area contributed by atoms with Crippen LogP contribution in [0.25, 0.3) is 0 Å². The van der Waals surface area contributed by atoms with Crippen molar-refractivity contribution in [3.8, 4) is 11.5 Å². The Balaban J connectivity index is 2.55. The van der Waals surface area contributed by atoms with Crippen LogP contribution in [-0.4, -0.2) is 23.2 Å². The van der Waals surface area contributed by atoms with E-state index in [1.54, 1.807) is 30.9 Å². The monoisotopic (exact) mass is 221 g/mol. The van der Waals surface area contributed by atoms with Crippen molar-refractivity contribution in [1.82, 2.24) is 0 Å². The number of benzene rings is 1. The third-order valence-electron chi connectivity index (χ3n) is 2.68. The van der Waals surface area contributed by atoms with Crippen LogP contribution < -0.4 is 9.64 Å². The number of phenols is 1. The Morgan fingerprint density at radius 1 is 1.44 bits per heavy atom. The van der Waals surface area contributed by atoms with Gasteiger partial charge >= 0.3 is 0 Å². The van der Waals surface area contributed by atoms with Gasteiger partial charge in [0.15, 0.2) is 5.60 Å². The number of nitrogens with zero attached hydrogens (tertiary/aromatic N) is 1. The van der Waals surface area contributed by atoms with E-state index in [-0.39, 0.29) is 11.7 Å². The Bertz CT molecular complexity index is 440. The summed E-state index contributed by atoms with van der Waals surface area (Å²) in [5, 5.41) is 9.40. The molecule has 0 bridgehead atoms. The summed E-state index contributed by atoms with van der Waals surface area (Å²) in [5.74, 6) is 0.625. The highest BCUT2D eigenvalue weighted by atomic mass is 16.5. The number of amides is 1. The predicted molar refractivity (Wildman–Crippen MR) is 60.8 cm³/mol. The summed E-state index contributed by atoms with van der Waals surface area (Å²) in [5.41, 5.74) is -0.166. The molecule has 0 aromatic heterocycles. The van der Waals surface area contributed by atoms with Crippen LogP contribution >= 0.6 is 0 Å². The van der Waals surface area contributed by atoms with Crippen molar-refractivity contribution in [1.29, 1.82) is 0 Å². The number of likely N-dealkylation sites (N-methyl/N-ethyl adjacent to an activating group) is 1. The molecule has 0 saturated heterocycles. The number of carbonyl (C=O) groups is 1. The zero-order chi connectivity index (χ0) is 11.9. The molecule has 2 rings (SSSR count). The summed E-state index contributed by atoms with van der Waals surface area (Å²) in [4.78, 5) is 13.7. The van der Waals surface area contributed by atoms with Crippen molar-refractivity contribution >= 4 is 11.6 Å². The average Bonchev–Trinajstić information content (AvgIpc) is 2.20. The normalized spacial score (nSPS) is 17.9. The highest BCUT2D eigenvalue weighted by Crippen LogP contribution is 2.39. The maximum absolute atomic E-state index is 12.1. The van der Waals surface area contributed by atoms with E-state index in [0.717, 1.165) is 0 Å². The second-order valence-corrected chi connectivity index (χ2v) is 4.31. The summed E-state index contributed by atoms with van der Waals surface area (Å²) in [6.07, 6.45) is 0. The minimum atomic E-state index is -0.878. The lowest BCUT2D eigenvalue weighted by atomic mass is 10.0. The number of carbonyl (C=O) groups excluding carboxylic acids is 1. The first-order valence-corrected chi connectivity index (χ1v) is 5.29. The molecule has 0 unspecified atom stereocenters. The number of fused-ring (bicyclic) bond motifs is 1. The highest BCUT2D eigenvalue weighted by molar-refractivity contribution is 6.02. The lowest BCUT2D eigenvalue weighted by Gasteiger charge is -2.38. The maximum Gasteiger partial charge on any atom is 0.270 e. The molecular weight excluding hydrogens is 206 g/mol. The molecule has 4 nitrogen and oxygen atoms in total. The van der Waals surface area contributed by atoms with Crippen LogP contribution in [0.2, 0.25) is 0 Å². The molecule has 4 heteroatoms. The Morgan fingerprint density at radius 2 is 2.12 bits per heavy atom. The molecule has 0 spiro atoms. The fourth-order valence-corrected chi connectivity index (χ4v) is 1.87. The topological polar surface area (TPSA) is 49.8 Å². The molecule has 0 aliphatic carbocycles. The molecule has 1 amide bonds. The molecule has 0 radical (unpaired) electrons.